The van der Waals surface area contributed by atoms with Crippen LogP contribution in [0, 0.1) is 5.92 Å². The third kappa shape index (κ3) is 35.9. The Morgan fingerprint density at radius 1 is 0.308 bits per heavy atom. The summed E-state index contributed by atoms with van der Waals surface area (Å²) >= 11 is 0. The van der Waals surface area contributed by atoms with Gasteiger partial charge in [0.1, 0.15) is 0 Å². The second-order valence-corrected chi connectivity index (χ2v) is 13.3. The first-order valence-corrected chi connectivity index (χ1v) is 18.9. The lowest BCUT2D eigenvalue weighted by molar-refractivity contribution is 0.282. The number of aliphatic hydroxyl groups excluding tert-OH is 1. The Morgan fingerprint density at radius 2 is 0.487 bits per heavy atom. The van der Waals surface area contributed by atoms with E-state index in [1.807, 2.05) is 0 Å². The molecule has 0 aliphatic carbocycles. The van der Waals surface area contributed by atoms with Crippen molar-refractivity contribution in [3.05, 3.63) is 0 Å². The van der Waals surface area contributed by atoms with E-state index in [-0.39, 0.29) is 0 Å². The van der Waals surface area contributed by atoms with Crippen LogP contribution in [-0.4, -0.2) is 11.7 Å². The molecule has 0 amide bonds. The Bertz CT molecular complexity index is 406. The summed E-state index contributed by atoms with van der Waals surface area (Å²) in [7, 11) is 0. The van der Waals surface area contributed by atoms with E-state index >= 15 is 0 Å². The molecule has 1 unspecified atom stereocenters. The molecule has 0 fully saturated rings. The van der Waals surface area contributed by atoms with E-state index in [4.69, 9.17) is 5.11 Å². The first-order chi connectivity index (χ1) is 19.3. The fraction of sp³-hybridized carbons (Fsp3) is 1.00. The Morgan fingerprint density at radius 3 is 0.667 bits per heavy atom. The summed E-state index contributed by atoms with van der Waals surface area (Å²) in [5.41, 5.74) is 0. The lowest BCUT2D eigenvalue weighted by Gasteiger charge is -2.07. The third-order valence-electron chi connectivity index (χ3n) is 9.30. The fourth-order valence-electron chi connectivity index (χ4n) is 6.11. The van der Waals surface area contributed by atoms with Gasteiger partial charge in [0.15, 0.2) is 0 Å². The minimum Gasteiger partial charge on any atom is -0.396 e. The van der Waals surface area contributed by atoms with E-state index in [2.05, 4.69) is 13.8 Å². The summed E-state index contributed by atoms with van der Waals surface area (Å²) < 4.78 is 0. The molecule has 0 saturated carbocycles. The molecule has 0 aromatic carbocycles. The highest BCUT2D eigenvalue weighted by Gasteiger charge is 1.99. The second kappa shape index (κ2) is 36.0. The molecule has 0 bridgehead atoms. The Hall–Kier alpha value is -0.0400. The summed E-state index contributed by atoms with van der Waals surface area (Å²) in [6.07, 6.45) is 49.0. The van der Waals surface area contributed by atoms with Gasteiger partial charge in [-0.1, -0.05) is 226 Å². The zero-order valence-corrected chi connectivity index (χ0v) is 27.8. The molecule has 1 atom stereocenters. The highest BCUT2D eigenvalue weighted by Crippen LogP contribution is 2.17. The van der Waals surface area contributed by atoms with Crippen molar-refractivity contribution in [2.45, 2.75) is 232 Å². The van der Waals surface area contributed by atoms with Gasteiger partial charge in [0.2, 0.25) is 0 Å². The van der Waals surface area contributed by atoms with Gasteiger partial charge in [-0.15, -0.1) is 0 Å². The van der Waals surface area contributed by atoms with E-state index in [1.54, 1.807) is 0 Å². The zero-order valence-electron chi connectivity index (χ0n) is 27.8. The summed E-state index contributed by atoms with van der Waals surface area (Å²) in [5.74, 6) is 0.945. The predicted molar refractivity (Wildman–Crippen MR) is 179 cm³/mol. The number of aliphatic hydroxyl groups is 1. The maximum atomic E-state index is 8.79. The van der Waals surface area contributed by atoms with Gasteiger partial charge in [0.05, 0.1) is 0 Å². The topological polar surface area (TPSA) is 20.2 Å². The molecule has 0 saturated heterocycles. The van der Waals surface area contributed by atoms with Crippen molar-refractivity contribution in [1.82, 2.24) is 0 Å². The van der Waals surface area contributed by atoms with E-state index < -0.39 is 0 Å². The molecule has 236 valence electrons. The smallest absolute Gasteiger partial charge is 0.0431 e. The van der Waals surface area contributed by atoms with Crippen LogP contribution in [0.5, 0.6) is 0 Å². The second-order valence-electron chi connectivity index (χ2n) is 13.3. The summed E-state index contributed by atoms with van der Waals surface area (Å²) in [4.78, 5) is 0. The highest BCUT2D eigenvalue weighted by molar-refractivity contribution is 4.54. The van der Waals surface area contributed by atoms with Crippen LogP contribution in [0.15, 0.2) is 0 Å². The summed E-state index contributed by atoms with van der Waals surface area (Å²) in [6.45, 7) is 5.10. The van der Waals surface area contributed by atoms with Crippen LogP contribution in [0.1, 0.15) is 232 Å². The van der Waals surface area contributed by atoms with E-state index in [9.17, 15) is 0 Å². The molecule has 0 aromatic rings. The van der Waals surface area contributed by atoms with Crippen LogP contribution in [0.4, 0.5) is 0 Å². The van der Waals surface area contributed by atoms with Gasteiger partial charge in [0.25, 0.3) is 0 Å². The lowest BCUT2D eigenvalue weighted by atomic mass is 9.99. The van der Waals surface area contributed by atoms with Gasteiger partial charge in [-0.3, -0.25) is 0 Å². The molecule has 0 aromatic heterocycles. The fourth-order valence-corrected chi connectivity index (χ4v) is 6.11. The molecule has 1 N–H and O–H groups in total. The SMILES string of the molecule is CCC(C)CCCCCCCCCCCCCCCCCCCCCCCCCCCCCCCCCCO. The first kappa shape index (κ1) is 39.0. The average Bonchev–Trinajstić information content (AvgIpc) is 2.95. The molecule has 0 aliphatic heterocycles. The highest BCUT2D eigenvalue weighted by atomic mass is 16.2. The Kier molecular flexibility index (Phi) is 35.9. The van der Waals surface area contributed by atoms with Crippen LogP contribution < -0.4 is 0 Å². The van der Waals surface area contributed by atoms with Gasteiger partial charge in [0, 0.05) is 6.61 Å². The largest absolute Gasteiger partial charge is 0.396 e. The van der Waals surface area contributed by atoms with Crippen molar-refractivity contribution in [3.63, 3.8) is 0 Å². The minimum absolute atomic E-state index is 0.374. The molecule has 0 spiro atoms. The van der Waals surface area contributed by atoms with E-state index in [1.165, 1.54) is 212 Å². The van der Waals surface area contributed by atoms with Gasteiger partial charge in [-0.2, -0.15) is 0 Å². The molecular formula is C38H78O. The van der Waals surface area contributed by atoms with E-state index in [0.29, 0.717) is 6.61 Å². The summed E-state index contributed by atoms with van der Waals surface area (Å²) in [5, 5.41) is 8.79. The molecule has 0 aliphatic rings. The molecule has 0 radical (unpaired) electrons. The zero-order chi connectivity index (χ0) is 28.3. The third-order valence-corrected chi connectivity index (χ3v) is 9.30. The first-order valence-electron chi connectivity index (χ1n) is 18.9. The maximum absolute atomic E-state index is 8.79. The minimum atomic E-state index is 0.374. The van der Waals surface area contributed by atoms with Crippen molar-refractivity contribution in [3.8, 4) is 0 Å². The normalized spacial score (nSPS) is 12.4. The van der Waals surface area contributed by atoms with Gasteiger partial charge in [-0.05, 0) is 12.3 Å². The Balaban J connectivity index is 3.03. The van der Waals surface area contributed by atoms with Crippen LogP contribution in [0.3, 0.4) is 0 Å². The van der Waals surface area contributed by atoms with Gasteiger partial charge >= 0.3 is 0 Å². The molecule has 1 nitrogen and oxygen atoms in total. The molecule has 0 rings (SSSR count). The molecule has 1 heteroatoms. The van der Waals surface area contributed by atoms with Crippen LogP contribution in [0.25, 0.3) is 0 Å². The van der Waals surface area contributed by atoms with E-state index in [0.717, 1.165) is 12.3 Å². The number of hydrogen-bond donors (Lipinski definition) is 1. The molecule has 39 heavy (non-hydrogen) atoms. The quantitative estimate of drug-likeness (QED) is 0.0778. The van der Waals surface area contributed by atoms with Crippen molar-refractivity contribution in [1.29, 1.82) is 0 Å². The number of rotatable bonds is 35. The standard InChI is InChI=1S/C38H78O/c1-3-38(2)36-34-32-30-28-26-24-22-20-18-16-14-12-10-8-6-4-5-7-9-11-13-15-17-19-21-23-25-27-29-31-33-35-37-39/h38-39H,3-37H2,1-2H3. The molecular weight excluding hydrogens is 472 g/mol. The summed E-state index contributed by atoms with van der Waals surface area (Å²) in [6, 6.07) is 0. The van der Waals surface area contributed by atoms with Crippen molar-refractivity contribution >= 4 is 0 Å². The van der Waals surface area contributed by atoms with Crippen LogP contribution in [0.2, 0.25) is 0 Å². The van der Waals surface area contributed by atoms with Crippen molar-refractivity contribution in [2.75, 3.05) is 6.61 Å². The number of hydrogen-bond acceptors (Lipinski definition) is 1. The maximum Gasteiger partial charge on any atom is 0.0431 e. The lowest BCUT2D eigenvalue weighted by Crippen LogP contribution is -1.91. The van der Waals surface area contributed by atoms with Gasteiger partial charge in [-0.25, -0.2) is 0 Å². The molecule has 0 heterocycles. The number of unbranched alkanes of at least 4 members (excludes halogenated alkanes) is 31. The monoisotopic (exact) mass is 551 g/mol. The Labute approximate surface area is 249 Å². The predicted octanol–water partition coefficient (Wildman–Crippen LogP) is 13.9. The average molecular weight is 551 g/mol. The van der Waals surface area contributed by atoms with Crippen LogP contribution >= 0.6 is 0 Å². The van der Waals surface area contributed by atoms with Crippen LogP contribution in [-0.2, 0) is 0 Å². The van der Waals surface area contributed by atoms with Gasteiger partial charge < -0.3 is 5.11 Å². The van der Waals surface area contributed by atoms with Crippen molar-refractivity contribution < 1.29 is 5.11 Å². The van der Waals surface area contributed by atoms with Crippen molar-refractivity contribution in [2.24, 2.45) is 5.92 Å².